The summed E-state index contributed by atoms with van der Waals surface area (Å²) >= 11 is 10.3. The summed E-state index contributed by atoms with van der Waals surface area (Å²) in [6.07, 6.45) is 2.90. The van der Waals surface area contributed by atoms with Crippen LogP contribution in [0.4, 0.5) is 11.4 Å². The fourth-order valence-corrected chi connectivity index (χ4v) is 4.54. The molecule has 0 unspecified atom stereocenters. The van der Waals surface area contributed by atoms with Crippen LogP contribution in [0, 0.1) is 31.2 Å². The van der Waals surface area contributed by atoms with Crippen LogP contribution in [0.1, 0.15) is 11.1 Å². The maximum atomic E-state index is 12.0. The van der Waals surface area contributed by atoms with Gasteiger partial charge in [-0.3, -0.25) is 20.4 Å². The number of rotatable bonds is 6. The zero-order valence-corrected chi connectivity index (χ0v) is 30.5. The van der Waals surface area contributed by atoms with Crippen LogP contribution in [0.3, 0.4) is 0 Å². The van der Waals surface area contributed by atoms with E-state index in [2.05, 4.69) is 41.7 Å². The molecule has 18 nitrogen and oxygen atoms in total. The van der Waals surface area contributed by atoms with Crippen LogP contribution in [0.5, 0.6) is 0 Å². The number of para-hydroxylation sites is 4. The second-order valence-corrected chi connectivity index (χ2v) is 10.9. The number of hydrazone groups is 2. The van der Waals surface area contributed by atoms with Crippen LogP contribution in [0.2, 0.25) is 0 Å². The minimum atomic E-state index is -1.75. The first-order chi connectivity index (χ1) is 25.9. The van der Waals surface area contributed by atoms with Gasteiger partial charge >= 0.3 is 16.5 Å². The second-order valence-electron chi connectivity index (χ2n) is 10.1. The number of pyridine rings is 2. The van der Waals surface area contributed by atoms with Crippen molar-refractivity contribution < 1.29 is 16.5 Å². The molecule has 0 fully saturated rings. The van der Waals surface area contributed by atoms with Crippen molar-refractivity contribution in [1.29, 1.82) is 0 Å². The Kier molecular flexibility index (Phi) is 20.2. The Morgan fingerprint density at radius 3 is 1.20 bits per heavy atom. The van der Waals surface area contributed by atoms with Gasteiger partial charge in [-0.05, 0) is 83.7 Å². The number of hydrogen-bond donors (Lipinski definition) is 6. The summed E-state index contributed by atoms with van der Waals surface area (Å²) in [6, 6.07) is 37.8. The average molecular weight is 827 g/mol. The molecule has 0 spiro atoms. The van der Waals surface area contributed by atoms with Crippen molar-refractivity contribution >= 4 is 80.3 Å². The van der Waals surface area contributed by atoms with Crippen molar-refractivity contribution in [2.75, 3.05) is 10.6 Å². The zero-order chi connectivity index (χ0) is 39.3. The molecule has 0 bridgehead atoms. The number of nitrogens with one attached hydrogen (secondary N) is 6. The smallest absolute Gasteiger partial charge is 0.809 e. The number of hydrogen-bond acceptors (Lipinski definition) is 14. The maximum absolute atomic E-state index is 12.0. The van der Waals surface area contributed by atoms with Crippen LogP contribution < -0.4 is 32.6 Å². The molecule has 288 valence electrons. The van der Waals surface area contributed by atoms with Gasteiger partial charge in [-0.15, -0.1) is 0 Å². The van der Waals surface area contributed by atoms with Crippen LogP contribution in [0.15, 0.2) is 141 Å². The average Bonchev–Trinajstić information content (AvgIpc) is 3.13. The van der Waals surface area contributed by atoms with Crippen LogP contribution in [0.25, 0.3) is 21.8 Å². The fraction of sp³-hybridized carbons (Fsp3) is 0. The number of fused-ring (bicyclic) bond motifs is 2. The number of aromatic nitrogens is 2. The summed E-state index contributed by atoms with van der Waals surface area (Å²) in [5.41, 5.74) is 9.22. The molecule has 0 aliphatic carbocycles. The Balaban J connectivity index is 0.000000314. The molecule has 55 heavy (non-hydrogen) atoms. The van der Waals surface area contributed by atoms with E-state index < -0.39 is 10.8 Å². The molecule has 0 atom stereocenters. The van der Waals surface area contributed by atoms with Crippen molar-refractivity contribution in [3.63, 3.8) is 0 Å². The third-order valence-electron chi connectivity index (χ3n) is 6.37. The van der Waals surface area contributed by atoms with Crippen LogP contribution in [-0.4, -0.2) is 43.4 Å². The largest absolute Gasteiger partial charge is 2.00 e. The van der Waals surface area contributed by atoms with Crippen molar-refractivity contribution in [1.82, 2.24) is 31.6 Å². The molecule has 6 N–H and O–H groups in total. The van der Waals surface area contributed by atoms with Crippen LogP contribution >= 0.6 is 24.4 Å². The Labute approximate surface area is 332 Å². The van der Waals surface area contributed by atoms with Crippen molar-refractivity contribution in [3.8, 4) is 0 Å². The van der Waals surface area contributed by atoms with Crippen LogP contribution in [-0.2, 0) is 16.5 Å². The molecule has 4 aromatic carbocycles. The van der Waals surface area contributed by atoms with Crippen molar-refractivity contribution in [3.05, 3.63) is 184 Å². The molecule has 0 saturated heterocycles. The number of thiocarbonyl (C=S) groups is 2. The number of anilines is 2. The standard InChI is InChI=1S/2C17H14N4OS.2NO3.Ni/c2*22-16-13(10-12-6-4-5-9-15(12)20-16)11-18-21-17(23)19-14-7-2-1-3-8-14;2*2-1(3)4;/h2*1-11H,(H,20,22)(H2,19,21,23);;;/q;;2*-3;+2/b2*18-11+;;;. The molecule has 0 aliphatic heterocycles. The quantitative estimate of drug-likeness (QED) is 0.0540. The van der Waals surface area contributed by atoms with E-state index in [-0.39, 0.29) is 27.6 Å². The predicted octanol–water partition coefficient (Wildman–Crippen LogP) is 5.26. The predicted molar refractivity (Wildman–Crippen MR) is 220 cm³/mol. The van der Waals surface area contributed by atoms with Crippen molar-refractivity contribution in [2.24, 2.45) is 10.2 Å². The van der Waals surface area contributed by atoms with E-state index in [0.717, 1.165) is 33.2 Å². The first kappa shape index (κ1) is 45.4. The van der Waals surface area contributed by atoms with Gasteiger partial charge in [-0.2, -0.15) is 10.2 Å². The Bertz CT molecular complexity index is 2110. The third kappa shape index (κ3) is 17.7. The third-order valence-corrected chi connectivity index (χ3v) is 6.75. The van der Waals surface area contributed by atoms with Gasteiger partial charge in [0.25, 0.3) is 11.1 Å². The normalized spacial score (nSPS) is 10.3. The summed E-state index contributed by atoms with van der Waals surface area (Å²) in [4.78, 5) is 29.6. The summed E-state index contributed by atoms with van der Waals surface area (Å²) in [5.74, 6) is 0. The summed E-state index contributed by atoms with van der Waals surface area (Å²) in [6.45, 7) is 0. The maximum Gasteiger partial charge on any atom is 2.00 e. The van der Waals surface area contributed by atoms with E-state index in [4.69, 9.17) is 55.7 Å². The molecule has 21 heteroatoms. The van der Waals surface area contributed by atoms with E-state index in [0.29, 0.717) is 21.4 Å². The molecule has 0 saturated carbocycles. The molecule has 0 amide bonds. The van der Waals surface area contributed by atoms with E-state index in [1.165, 1.54) is 12.4 Å². The minimum absolute atomic E-state index is 0. The molecular weight excluding hydrogens is 799 g/mol. The van der Waals surface area contributed by atoms with Crippen molar-refractivity contribution in [2.45, 2.75) is 0 Å². The van der Waals surface area contributed by atoms with E-state index in [1.807, 2.05) is 109 Å². The summed E-state index contributed by atoms with van der Waals surface area (Å²) in [5, 5.41) is 62.6. The van der Waals surface area contributed by atoms with E-state index >= 15 is 0 Å². The van der Waals surface area contributed by atoms with Gasteiger partial charge in [0.15, 0.2) is 10.2 Å². The van der Waals surface area contributed by atoms with E-state index in [9.17, 15) is 9.59 Å². The first-order valence-electron chi connectivity index (χ1n) is 15.1. The monoisotopic (exact) mass is 826 g/mol. The summed E-state index contributed by atoms with van der Waals surface area (Å²) < 4.78 is 0. The van der Waals surface area contributed by atoms with Gasteiger partial charge in [-0.1, -0.05) is 72.8 Å². The molecule has 0 aliphatic rings. The molecule has 2 aromatic heterocycles. The van der Waals surface area contributed by atoms with Gasteiger partial charge in [0.2, 0.25) is 0 Å². The Morgan fingerprint density at radius 2 is 0.855 bits per heavy atom. The second kappa shape index (κ2) is 24.5. The van der Waals surface area contributed by atoms with Gasteiger partial charge in [-0.25, -0.2) is 0 Å². The Hall–Kier alpha value is -5.81. The van der Waals surface area contributed by atoms with E-state index in [1.54, 1.807) is 12.1 Å². The number of H-pyrrole nitrogens is 2. The minimum Gasteiger partial charge on any atom is -0.809 e. The number of aromatic amines is 2. The van der Waals surface area contributed by atoms with Gasteiger partial charge in [0, 0.05) is 22.4 Å². The molecule has 0 radical (unpaired) electrons. The van der Waals surface area contributed by atoms with Gasteiger partial charge in [0.1, 0.15) is 0 Å². The zero-order valence-electron chi connectivity index (χ0n) is 27.9. The fourth-order valence-electron chi connectivity index (χ4n) is 4.20. The van der Waals surface area contributed by atoms with Gasteiger partial charge in [0.05, 0.1) is 23.6 Å². The number of nitrogens with zero attached hydrogens (tertiary/aromatic N) is 4. The molecule has 6 aromatic rings. The molecule has 6 rings (SSSR count). The SMILES string of the molecule is O=c1[nH]c2ccccc2cc1/C=N/NC(=S)Nc1ccccc1.O=c1[nH]c2ccccc2cc1/C=N/NC(=S)Nc1ccccc1.[Ni+2].[O-]N([O-])[O-].[O-]N([O-])[O-]. The topological polar surface area (TPSA) is 283 Å². The summed E-state index contributed by atoms with van der Waals surface area (Å²) in [7, 11) is 0. The van der Waals surface area contributed by atoms with Gasteiger partial charge < -0.3 is 62.6 Å². The molecule has 2 heterocycles. The molecular formula is C34H28N10NiO8S2-4. The number of benzene rings is 4. The first-order valence-corrected chi connectivity index (χ1v) is 15.9. The Morgan fingerprint density at radius 1 is 0.545 bits per heavy atom.